The Morgan fingerprint density at radius 3 is 2.48 bits per heavy atom. The summed E-state index contributed by atoms with van der Waals surface area (Å²) in [5, 5.41) is 2.92. The predicted octanol–water partition coefficient (Wildman–Crippen LogP) is 2.83. The fourth-order valence-corrected chi connectivity index (χ4v) is 2.18. The molecule has 0 atom stereocenters. The quantitative estimate of drug-likeness (QED) is 0.888. The Morgan fingerprint density at radius 2 is 1.86 bits per heavy atom. The highest BCUT2D eigenvalue weighted by molar-refractivity contribution is 5.91. The topological polar surface area (TPSA) is 45.5 Å². The maximum absolute atomic E-state index is 12.1. The molecule has 2 aromatic rings. The van der Waals surface area contributed by atoms with Gasteiger partial charge in [-0.2, -0.15) is 0 Å². The third kappa shape index (κ3) is 4.20. The molecule has 1 aromatic heterocycles. The Labute approximate surface area is 125 Å². The minimum Gasteiger partial charge on any atom is -0.456 e. The van der Waals surface area contributed by atoms with Crippen LogP contribution >= 0.6 is 0 Å². The van der Waals surface area contributed by atoms with E-state index in [1.54, 1.807) is 6.07 Å². The van der Waals surface area contributed by atoms with Gasteiger partial charge in [0.05, 0.1) is 0 Å². The number of rotatable bonds is 6. The second-order valence-electron chi connectivity index (χ2n) is 5.31. The molecule has 0 aliphatic heterocycles. The van der Waals surface area contributed by atoms with Crippen LogP contribution in [0, 0.1) is 0 Å². The second-order valence-corrected chi connectivity index (χ2v) is 5.31. The van der Waals surface area contributed by atoms with Gasteiger partial charge in [0.2, 0.25) is 0 Å². The monoisotopic (exact) mass is 286 g/mol. The Kier molecular flexibility index (Phi) is 5.17. The molecule has 4 nitrogen and oxygen atoms in total. The van der Waals surface area contributed by atoms with E-state index in [0.717, 1.165) is 24.3 Å². The van der Waals surface area contributed by atoms with Gasteiger partial charge in [0.15, 0.2) is 5.76 Å². The van der Waals surface area contributed by atoms with Crippen LogP contribution in [0.1, 0.15) is 34.4 Å². The summed E-state index contributed by atoms with van der Waals surface area (Å²) in [6, 6.07) is 11.7. The second kappa shape index (κ2) is 7.09. The lowest BCUT2D eigenvalue weighted by molar-refractivity contribution is 0.0921. The smallest absolute Gasteiger partial charge is 0.287 e. The van der Waals surface area contributed by atoms with Crippen molar-refractivity contribution < 1.29 is 9.21 Å². The van der Waals surface area contributed by atoms with Crippen molar-refractivity contribution in [1.82, 2.24) is 10.2 Å². The number of aryl methyl sites for hydroxylation is 1. The third-order valence-electron chi connectivity index (χ3n) is 3.28. The van der Waals surface area contributed by atoms with Crippen LogP contribution in [0.5, 0.6) is 0 Å². The summed E-state index contributed by atoms with van der Waals surface area (Å²) < 4.78 is 5.46. The number of benzene rings is 1. The molecule has 0 fully saturated rings. The van der Waals surface area contributed by atoms with E-state index in [2.05, 4.69) is 16.3 Å². The fourth-order valence-electron chi connectivity index (χ4n) is 2.18. The molecule has 0 aliphatic rings. The van der Waals surface area contributed by atoms with Crippen LogP contribution in [0.3, 0.4) is 0 Å². The first-order valence-electron chi connectivity index (χ1n) is 7.18. The summed E-state index contributed by atoms with van der Waals surface area (Å²) in [5.41, 5.74) is 2.35. The molecule has 0 spiro atoms. The average molecular weight is 286 g/mol. The number of carbonyl (C=O) groups excluding carboxylic acids is 1. The molecule has 0 saturated carbocycles. The van der Waals surface area contributed by atoms with E-state index < -0.39 is 0 Å². The van der Waals surface area contributed by atoms with E-state index in [0.29, 0.717) is 12.3 Å². The summed E-state index contributed by atoms with van der Waals surface area (Å²) in [7, 11) is 4.06. The number of hydrogen-bond acceptors (Lipinski definition) is 3. The van der Waals surface area contributed by atoms with E-state index in [4.69, 9.17) is 4.42 Å². The minimum absolute atomic E-state index is 0.172. The molecule has 0 saturated heterocycles. The summed E-state index contributed by atoms with van der Waals surface area (Å²) in [5.74, 6) is 1.03. The van der Waals surface area contributed by atoms with Gasteiger partial charge in [-0.1, -0.05) is 31.2 Å². The van der Waals surface area contributed by atoms with Gasteiger partial charge in [0, 0.05) is 19.5 Å². The molecule has 1 aromatic carbocycles. The molecular weight excluding hydrogens is 264 g/mol. The molecule has 0 radical (unpaired) electrons. The first kappa shape index (κ1) is 15.3. The van der Waals surface area contributed by atoms with E-state index in [-0.39, 0.29) is 5.91 Å². The highest BCUT2D eigenvalue weighted by Gasteiger charge is 2.11. The summed E-state index contributed by atoms with van der Waals surface area (Å²) in [6.45, 7) is 3.36. The highest BCUT2D eigenvalue weighted by atomic mass is 16.3. The van der Waals surface area contributed by atoms with Crippen LogP contribution in [0.15, 0.2) is 40.8 Å². The van der Waals surface area contributed by atoms with Crippen molar-refractivity contribution in [3.63, 3.8) is 0 Å². The normalized spacial score (nSPS) is 10.9. The van der Waals surface area contributed by atoms with Gasteiger partial charge in [-0.05, 0) is 37.4 Å². The first-order chi connectivity index (χ1) is 10.1. The summed E-state index contributed by atoms with van der Waals surface area (Å²) in [6.07, 6.45) is 0.791. The number of furan rings is 1. The zero-order valence-electron chi connectivity index (χ0n) is 12.8. The SMILES string of the molecule is CCc1ccc(C(=O)NCc2ccccc2CN(C)C)o1. The largest absolute Gasteiger partial charge is 0.456 e. The van der Waals surface area contributed by atoms with Crippen molar-refractivity contribution in [3.8, 4) is 0 Å². The van der Waals surface area contributed by atoms with Gasteiger partial charge in [0.1, 0.15) is 5.76 Å². The lowest BCUT2D eigenvalue weighted by atomic mass is 10.1. The summed E-state index contributed by atoms with van der Waals surface area (Å²) in [4.78, 5) is 14.2. The van der Waals surface area contributed by atoms with E-state index in [9.17, 15) is 4.79 Å². The van der Waals surface area contributed by atoms with Gasteiger partial charge in [-0.25, -0.2) is 0 Å². The molecule has 0 aliphatic carbocycles. The molecule has 0 bridgehead atoms. The van der Waals surface area contributed by atoms with Gasteiger partial charge in [-0.3, -0.25) is 4.79 Å². The highest BCUT2D eigenvalue weighted by Crippen LogP contribution is 2.12. The van der Waals surface area contributed by atoms with Crippen LogP contribution in [-0.2, 0) is 19.5 Å². The lowest BCUT2D eigenvalue weighted by Gasteiger charge is -2.14. The zero-order valence-corrected chi connectivity index (χ0v) is 12.8. The van der Waals surface area contributed by atoms with Crippen LogP contribution in [0.2, 0.25) is 0 Å². The predicted molar refractivity (Wildman–Crippen MR) is 83.1 cm³/mol. The standard InChI is InChI=1S/C17H22N2O2/c1-4-15-9-10-16(21-15)17(20)18-11-13-7-5-6-8-14(13)12-19(2)3/h5-10H,4,11-12H2,1-3H3,(H,18,20). The fraction of sp³-hybridized carbons (Fsp3) is 0.353. The molecule has 4 heteroatoms. The Hall–Kier alpha value is -2.07. The number of nitrogens with one attached hydrogen (secondary N) is 1. The van der Waals surface area contributed by atoms with Crippen LogP contribution in [0.25, 0.3) is 0 Å². The van der Waals surface area contributed by atoms with Crippen molar-refractivity contribution in [2.24, 2.45) is 0 Å². The number of hydrogen-bond donors (Lipinski definition) is 1. The first-order valence-corrected chi connectivity index (χ1v) is 7.18. The third-order valence-corrected chi connectivity index (χ3v) is 3.28. The van der Waals surface area contributed by atoms with E-state index >= 15 is 0 Å². The van der Waals surface area contributed by atoms with Crippen molar-refractivity contribution in [2.75, 3.05) is 14.1 Å². The molecule has 112 valence electrons. The Bertz CT molecular complexity index is 602. The van der Waals surface area contributed by atoms with Crippen molar-refractivity contribution >= 4 is 5.91 Å². The summed E-state index contributed by atoms with van der Waals surface area (Å²) >= 11 is 0. The minimum atomic E-state index is -0.172. The molecule has 1 N–H and O–H groups in total. The van der Waals surface area contributed by atoms with Gasteiger partial charge >= 0.3 is 0 Å². The van der Waals surface area contributed by atoms with Gasteiger partial charge in [-0.15, -0.1) is 0 Å². The van der Waals surface area contributed by atoms with Gasteiger partial charge in [0.25, 0.3) is 5.91 Å². The maximum atomic E-state index is 12.1. The zero-order chi connectivity index (χ0) is 15.2. The molecule has 1 heterocycles. The number of nitrogens with zero attached hydrogens (tertiary/aromatic N) is 1. The Balaban J connectivity index is 2.01. The van der Waals surface area contributed by atoms with E-state index in [1.807, 2.05) is 45.3 Å². The van der Waals surface area contributed by atoms with Crippen molar-refractivity contribution in [1.29, 1.82) is 0 Å². The number of carbonyl (C=O) groups is 1. The van der Waals surface area contributed by atoms with Crippen LogP contribution in [0.4, 0.5) is 0 Å². The average Bonchev–Trinajstić information content (AvgIpc) is 2.94. The van der Waals surface area contributed by atoms with Crippen molar-refractivity contribution in [2.45, 2.75) is 26.4 Å². The molecule has 2 rings (SSSR count). The molecular formula is C17H22N2O2. The van der Waals surface area contributed by atoms with Crippen molar-refractivity contribution in [3.05, 3.63) is 59.0 Å². The van der Waals surface area contributed by atoms with Crippen LogP contribution in [-0.4, -0.2) is 24.9 Å². The lowest BCUT2D eigenvalue weighted by Crippen LogP contribution is -2.23. The molecule has 0 unspecified atom stereocenters. The van der Waals surface area contributed by atoms with Crippen LogP contribution < -0.4 is 5.32 Å². The Morgan fingerprint density at radius 1 is 1.14 bits per heavy atom. The molecule has 21 heavy (non-hydrogen) atoms. The number of amides is 1. The maximum Gasteiger partial charge on any atom is 0.287 e. The van der Waals surface area contributed by atoms with Gasteiger partial charge < -0.3 is 14.6 Å². The molecule has 1 amide bonds. The van der Waals surface area contributed by atoms with E-state index in [1.165, 1.54) is 5.56 Å².